The van der Waals surface area contributed by atoms with Gasteiger partial charge in [0.1, 0.15) is 0 Å². The van der Waals surface area contributed by atoms with Gasteiger partial charge < -0.3 is 9.47 Å². The number of carbonyl (C=O) groups is 2. The zero-order valence-electron chi connectivity index (χ0n) is 24.4. The summed E-state index contributed by atoms with van der Waals surface area (Å²) in [6.07, 6.45) is -4.54. The van der Waals surface area contributed by atoms with Gasteiger partial charge in [-0.2, -0.15) is 87.8 Å². The Morgan fingerprint density at radius 3 is 0.827 bits per heavy atom. The molecule has 0 aliphatic heterocycles. The van der Waals surface area contributed by atoms with Crippen molar-refractivity contribution in [2.24, 2.45) is 0 Å². The van der Waals surface area contributed by atoms with E-state index in [4.69, 9.17) is 0 Å². The minimum Gasteiger partial charge on any atom is -0.443 e. The summed E-state index contributed by atoms with van der Waals surface area (Å²) in [6, 6.07) is 10.9. The summed E-state index contributed by atoms with van der Waals surface area (Å²) >= 11 is 0. The van der Waals surface area contributed by atoms with Gasteiger partial charge in [-0.15, -0.1) is 0 Å². The van der Waals surface area contributed by atoms with Gasteiger partial charge >= 0.3 is 71.4 Å². The van der Waals surface area contributed by atoms with Crippen molar-refractivity contribution < 1.29 is 107 Å². The highest BCUT2D eigenvalue weighted by Gasteiger charge is 2.97. The lowest BCUT2D eigenvalue weighted by Gasteiger charge is -2.45. The topological polar surface area (TPSA) is 76.7 Å². The molecular formula is C26H16F20N2O4. The van der Waals surface area contributed by atoms with E-state index in [0.29, 0.717) is 0 Å². The molecule has 0 aromatic heterocycles. The highest BCUT2D eigenvalue weighted by molar-refractivity contribution is 5.85. The van der Waals surface area contributed by atoms with E-state index in [9.17, 15) is 97.4 Å². The maximum Gasteiger partial charge on any atom is 0.411 e. The minimum absolute atomic E-state index is 0.400. The van der Waals surface area contributed by atoms with Crippen LogP contribution in [-0.2, 0) is 9.47 Å². The van der Waals surface area contributed by atoms with Crippen LogP contribution in [0.1, 0.15) is 0 Å². The summed E-state index contributed by atoms with van der Waals surface area (Å²) < 4.78 is 288. The van der Waals surface area contributed by atoms with E-state index in [2.05, 4.69) is 9.47 Å². The number of amides is 2. The van der Waals surface area contributed by atoms with E-state index in [1.54, 1.807) is 0 Å². The number of hydrogen-bond acceptors (Lipinski definition) is 4. The van der Waals surface area contributed by atoms with Gasteiger partial charge in [0.05, 0.1) is 0 Å². The fraction of sp³-hybridized carbons (Fsp3) is 0.462. The molecule has 0 unspecified atom stereocenters. The van der Waals surface area contributed by atoms with E-state index in [0.717, 1.165) is 48.5 Å². The Hall–Kier alpha value is -4.42. The molecule has 0 aliphatic carbocycles. The zero-order valence-corrected chi connectivity index (χ0v) is 24.4. The largest absolute Gasteiger partial charge is 0.443 e. The standard InChI is InChI=1S/C26H16F20N2O4/c27-17(28,11-51-15(49)47-13-7-3-1-4-8-13)19(31,32)21(35,36)23(39,40)25(43,44)26(45,46)24(41,42)22(37,38)20(33,34)18(29,30)12-52-16(50)48-14-9-5-2-6-10-14/h1-10H,11-12H2,(H,47,49)(H,48,50). The molecule has 0 saturated heterocycles. The second-order valence-corrected chi connectivity index (χ2v) is 10.1. The average molecular weight is 800 g/mol. The SMILES string of the molecule is O=C(Nc1ccccc1)OCC(F)(F)C(F)(F)C(F)(F)C(F)(F)C(F)(F)C(F)(F)C(F)(F)C(F)(F)C(F)(F)C(F)(F)COC(=O)Nc1ccccc1. The molecular weight excluding hydrogens is 784 g/mol. The van der Waals surface area contributed by atoms with E-state index in [1.807, 2.05) is 0 Å². The fourth-order valence-electron chi connectivity index (χ4n) is 3.49. The predicted molar refractivity (Wildman–Crippen MR) is 132 cm³/mol. The molecule has 0 saturated carbocycles. The fourth-order valence-corrected chi connectivity index (χ4v) is 3.49. The number of benzene rings is 2. The Kier molecular flexibility index (Phi) is 11.7. The molecule has 0 spiro atoms. The molecule has 0 fully saturated rings. The van der Waals surface area contributed by atoms with Crippen LogP contribution >= 0.6 is 0 Å². The van der Waals surface area contributed by atoms with Gasteiger partial charge in [0.2, 0.25) is 0 Å². The molecule has 2 rings (SSSR count). The van der Waals surface area contributed by atoms with Crippen LogP contribution in [0.25, 0.3) is 0 Å². The lowest BCUT2D eigenvalue weighted by Crippen LogP contribution is -2.77. The number of rotatable bonds is 15. The maximum absolute atomic E-state index is 14.1. The number of anilines is 2. The quantitative estimate of drug-likeness (QED) is 0.176. The number of hydrogen-bond donors (Lipinski definition) is 2. The van der Waals surface area contributed by atoms with Crippen molar-refractivity contribution in [2.75, 3.05) is 23.8 Å². The highest BCUT2D eigenvalue weighted by atomic mass is 19.4. The van der Waals surface area contributed by atoms with Crippen molar-refractivity contribution in [1.29, 1.82) is 0 Å². The molecule has 0 radical (unpaired) electrons. The summed E-state index contributed by atoms with van der Waals surface area (Å²) in [5.41, 5.74) is -0.799. The van der Waals surface area contributed by atoms with Crippen molar-refractivity contribution in [3.8, 4) is 0 Å². The highest BCUT2D eigenvalue weighted by Crippen LogP contribution is 2.66. The van der Waals surface area contributed by atoms with Crippen LogP contribution in [0.2, 0.25) is 0 Å². The number of carbonyl (C=O) groups excluding carboxylic acids is 2. The first-order valence-electron chi connectivity index (χ1n) is 13.0. The molecule has 0 atom stereocenters. The van der Waals surface area contributed by atoms with Gasteiger partial charge in [-0.3, -0.25) is 10.6 Å². The van der Waals surface area contributed by atoms with Gasteiger partial charge in [-0.25, -0.2) is 9.59 Å². The number of ether oxygens (including phenoxy) is 2. The van der Waals surface area contributed by atoms with Crippen molar-refractivity contribution in [2.45, 2.75) is 59.2 Å². The number of halogens is 20. The number of nitrogens with one attached hydrogen (secondary N) is 2. The molecule has 2 amide bonds. The molecule has 294 valence electrons. The van der Waals surface area contributed by atoms with Gasteiger partial charge in [0, 0.05) is 11.4 Å². The molecule has 2 N–H and O–H groups in total. The molecule has 0 heterocycles. The first kappa shape index (κ1) is 43.7. The normalized spacial score (nSPS) is 14.5. The van der Waals surface area contributed by atoms with Gasteiger partial charge in [0.25, 0.3) is 0 Å². The third kappa shape index (κ3) is 7.15. The summed E-state index contributed by atoms with van der Waals surface area (Å²) in [4.78, 5) is 22.9. The van der Waals surface area contributed by atoms with Gasteiger partial charge in [-0.1, -0.05) is 36.4 Å². The Morgan fingerprint density at radius 1 is 0.385 bits per heavy atom. The Labute approximate surface area is 275 Å². The van der Waals surface area contributed by atoms with Crippen LogP contribution in [0.4, 0.5) is 109 Å². The van der Waals surface area contributed by atoms with E-state index >= 15 is 0 Å². The Bertz CT molecular complexity index is 1440. The first-order valence-corrected chi connectivity index (χ1v) is 13.0. The van der Waals surface area contributed by atoms with Crippen LogP contribution < -0.4 is 10.6 Å². The number of alkyl halides is 20. The molecule has 6 nitrogen and oxygen atoms in total. The average Bonchev–Trinajstić information content (AvgIpc) is 3.03. The third-order valence-electron chi connectivity index (χ3n) is 6.49. The zero-order chi connectivity index (χ0) is 40.6. The molecule has 2 aromatic rings. The Balaban J connectivity index is 2.41. The molecule has 0 bridgehead atoms. The predicted octanol–water partition coefficient (Wildman–Crippen LogP) is 9.84. The van der Waals surface area contributed by atoms with Crippen molar-refractivity contribution in [1.82, 2.24) is 0 Å². The van der Waals surface area contributed by atoms with Crippen LogP contribution in [0, 0.1) is 0 Å². The second kappa shape index (κ2) is 13.9. The maximum atomic E-state index is 14.1. The van der Waals surface area contributed by atoms with Gasteiger partial charge in [0.15, 0.2) is 13.2 Å². The summed E-state index contributed by atoms with van der Waals surface area (Å²) in [5, 5.41) is 2.93. The smallest absolute Gasteiger partial charge is 0.411 e. The molecule has 0 aliphatic rings. The van der Waals surface area contributed by atoms with Crippen LogP contribution in [0.5, 0.6) is 0 Å². The van der Waals surface area contributed by atoms with Crippen LogP contribution in [0.3, 0.4) is 0 Å². The van der Waals surface area contributed by atoms with E-state index in [-0.39, 0.29) is 0 Å². The van der Waals surface area contributed by atoms with Crippen molar-refractivity contribution >= 4 is 23.6 Å². The van der Waals surface area contributed by atoms with Crippen molar-refractivity contribution in [3.63, 3.8) is 0 Å². The van der Waals surface area contributed by atoms with Crippen LogP contribution in [0.15, 0.2) is 60.7 Å². The minimum atomic E-state index is -9.24. The Morgan fingerprint density at radius 2 is 0.596 bits per heavy atom. The molecule has 26 heteroatoms. The van der Waals surface area contributed by atoms with E-state index < -0.39 is 96.0 Å². The van der Waals surface area contributed by atoms with Crippen molar-refractivity contribution in [3.05, 3.63) is 60.7 Å². The summed E-state index contributed by atoms with van der Waals surface area (Å²) in [7, 11) is 0. The monoisotopic (exact) mass is 800 g/mol. The lowest BCUT2D eigenvalue weighted by atomic mass is 9.85. The summed E-state index contributed by atoms with van der Waals surface area (Å²) in [6.45, 7) is -6.99. The number of para-hydroxylation sites is 2. The summed E-state index contributed by atoms with van der Waals surface area (Å²) in [5.74, 6) is -84.7. The molecule has 2 aromatic carbocycles. The van der Waals surface area contributed by atoms with Gasteiger partial charge in [-0.05, 0) is 24.3 Å². The first-order chi connectivity index (χ1) is 23.2. The van der Waals surface area contributed by atoms with E-state index in [1.165, 1.54) is 22.8 Å². The second-order valence-electron chi connectivity index (χ2n) is 10.1. The third-order valence-corrected chi connectivity index (χ3v) is 6.49. The lowest BCUT2D eigenvalue weighted by molar-refractivity contribution is -0.469. The van der Waals surface area contributed by atoms with Crippen LogP contribution in [-0.4, -0.2) is 84.6 Å². The molecule has 52 heavy (non-hydrogen) atoms.